The van der Waals surface area contributed by atoms with Gasteiger partial charge in [-0.3, -0.25) is 0 Å². The average Bonchev–Trinajstić information content (AvgIpc) is 1.62. The number of rotatable bonds is 1. The van der Waals surface area contributed by atoms with E-state index in [4.69, 9.17) is 11.6 Å². The van der Waals surface area contributed by atoms with E-state index < -0.39 is 0 Å². The quantitative estimate of drug-likeness (QED) is 0.394. The minimum atomic E-state index is 0.277. The summed E-state index contributed by atoms with van der Waals surface area (Å²) in [7, 11) is 0. The maximum atomic E-state index is 5.59. The number of halogens is 1. The monoisotopic (exact) mass is 146 g/mol. The molecule has 0 unspecified atom stereocenters. The average molecular weight is 147 g/mol. The molecule has 9 heavy (non-hydrogen) atoms. The molecule has 0 nitrogen and oxygen atoms in total. The molecular formula is C8H15Cl. The van der Waals surface area contributed by atoms with Crippen LogP contribution in [0.15, 0.2) is 11.6 Å². The van der Waals surface area contributed by atoms with Gasteiger partial charge in [0.1, 0.15) is 0 Å². The third-order valence-corrected chi connectivity index (χ3v) is 1.31. The van der Waals surface area contributed by atoms with Crippen molar-refractivity contribution in [2.75, 3.05) is 5.88 Å². The van der Waals surface area contributed by atoms with Crippen molar-refractivity contribution in [3.63, 3.8) is 0 Å². The highest BCUT2D eigenvalue weighted by atomic mass is 35.5. The van der Waals surface area contributed by atoms with Gasteiger partial charge in [0.05, 0.1) is 0 Å². The lowest BCUT2D eigenvalue weighted by molar-refractivity contribution is 0.540. The van der Waals surface area contributed by atoms with Gasteiger partial charge in [-0.25, -0.2) is 0 Å². The molecule has 0 aromatic heterocycles. The van der Waals surface area contributed by atoms with Crippen LogP contribution in [0.1, 0.15) is 27.7 Å². The van der Waals surface area contributed by atoms with Gasteiger partial charge in [-0.15, -0.1) is 11.6 Å². The van der Waals surface area contributed by atoms with E-state index in [1.54, 1.807) is 0 Å². The molecule has 0 atom stereocenters. The summed E-state index contributed by atoms with van der Waals surface area (Å²) in [6.45, 7) is 8.56. The van der Waals surface area contributed by atoms with Crippen LogP contribution in [0.2, 0.25) is 0 Å². The molecule has 0 aliphatic rings. The van der Waals surface area contributed by atoms with Crippen molar-refractivity contribution in [2.24, 2.45) is 5.41 Å². The highest BCUT2D eigenvalue weighted by Gasteiger charge is 2.04. The van der Waals surface area contributed by atoms with E-state index in [2.05, 4.69) is 33.8 Å². The SMILES string of the molecule is CC(=CC(C)(C)C)CCl. The first-order valence-corrected chi connectivity index (χ1v) is 3.73. The molecule has 0 N–H and O–H groups in total. The molecule has 0 saturated carbocycles. The molecule has 0 aromatic carbocycles. The van der Waals surface area contributed by atoms with Crippen molar-refractivity contribution in [1.82, 2.24) is 0 Å². The predicted molar refractivity (Wildman–Crippen MR) is 43.9 cm³/mol. The lowest BCUT2D eigenvalue weighted by atomic mass is 9.94. The predicted octanol–water partition coefficient (Wildman–Crippen LogP) is 3.22. The Hall–Kier alpha value is 0.0300. The molecule has 0 aliphatic carbocycles. The summed E-state index contributed by atoms with van der Waals surface area (Å²) in [4.78, 5) is 0. The molecule has 0 heterocycles. The van der Waals surface area contributed by atoms with E-state index in [0.717, 1.165) is 0 Å². The fraction of sp³-hybridized carbons (Fsp3) is 0.750. The van der Waals surface area contributed by atoms with Crippen molar-refractivity contribution in [3.8, 4) is 0 Å². The minimum Gasteiger partial charge on any atom is -0.122 e. The molecule has 0 bridgehead atoms. The zero-order valence-corrected chi connectivity index (χ0v) is 7.42. The second kappa shape index (κ2) is 3.26. The van der Waals surface area contributed by atoms with Crippen LogP contribution in [-0.2, 0) is 0 Å². The first-order chi connectivity index (χ1) is 3.95. The molecular weight excluding hydrogens is 132 g/mol. The number of alkyl halides is 1. The van der Waals surface area contributed by atoms with Crippen molar-refractivity contribution in [1.29, 1.82) is 0 Å². The van der Waals surface area contributed by atoms with Gasteiger partial charge in [-0.05, 0) is 12.3 Å². The van der Waals surface area contributed by atoms with Gasteiger partial charge >= 0.3 is 0 Å². The number of hydrogen-bond acceptors (Lipinski definition) is 0. The van der Waals surface area contributed by atoms with E-state index in [1.165, 1.54) is 5.57 Å². The van der Waals surface area contributed by atoms with Crippen LogP contribution in [0.4, 0.5) is 0 Å². The molecule has 0 spiro atoms. The van der Waals surface area contributed by atoms with Crippen LogP contribution in [0.3, 0.4) is 0 Å². The molecule has 0 fully saturated rings. The largest absolute Gasteiger partial charge is 0.122 e. The van der Waals surface area contributed by atoms with E-state index >= 15 is 0 Å². The molecule has 0 saturated heterocycles. The molecule has 0 aliphatic heterocycles. The second-order valence-electron chi connectivity index (χ2n) is 3.49. The minimum absolute atomic E-state index is 0.277. The Bertz CT molecular complexity index is 106. The first kappa shape index (κ1) is 9.03. The van der Waals surface area contributed by atoms with Gasteiger partial charge in [0.25, 0.3) is 0 Å². The Morgan fingerprint density at radius 3 is 2.00 bits per heavy atom. The van der Waals surface area contributed by atoms with Gasteiger partial charge in [-0.2, -0.15) is 0 Å². The Balaban J connectivity index is 3.95. The Morgan fingerprint density at radius 2 is 1.89 bits per heavy atom. The summed E-state index contributed by atoms with van der Waals surface area (Å²) in [5, 5.41) is 0. The highest BCUT2D eigenvalue weighted by molar-refractivity contribution is 6.19. The van der Waals surface area contributed by atoms with Crippen LogP contribution in [0.25, 0.3) is 0 Å². The van der Waals surface area contributed by atoms with Gasteiger partial charge in [0.2, 0.25) is 0 Å². The molecule has 0 radical (unpaired) electrons. The van der Waals surface area contributed by atoms with E-state index in [1.807, 2.05) is 0 Å². The summed E-state index contributed by atoms with van der Waals surface area (Å²) in [5.41, 5.74) is 1.53. The third kappa shape index (κ3) is 5.91. The number of allylic oxidation sites excluding steroid dienone is 2. The first-order valence-electron chi connectivity index (χ1n) is 3.20. The van der Waals surface area contributed by atoms with Crippen molar-refractivity contribution in [3.05, 3.63) is 11.6 Å². The van der Waals surface area contributed by atoms with Crippen molar-refractivity contribution >= 4 is 11.6 Å². The number of hydrogen-bond donors (Lipinski definition) is 0. The fourth-order valence-electron chi connectivity index (χ4n) is 0.778. The standard InChI is InChI=1S/C8H15Cl/c1-7(6-9)5-8(2,3)4/h5H,6H2,1-4H3. The normalized spacial score (nSPS) is 14.1. The summed E-state index contributed by atoms with van der Waals surface area (Å²) in [6, 6.07) is 0. The smallest absolute Gasteiger partial charge is 0.0431 e. The van der Waals surface area contributed by atoms with Gasteiger partial charge in [0, 0.05) is 5.88 Å². The van der Waals surface area contributed by atoms with Gasteiger partial charge in [0.15, 0.2) is 0 Å². The van der Waals surface area contributed by atoms with E-state index in [0.29, 0.717) is 5.88 Å². The zero-order valence-electron chi connectivity index (χ0n) is 6.66. The highest BCUT2D eigenvalue weighted by Crippen LogP contribution is 2.17. The molecule has 0 rings (SSSR count). The lowest BCUT2D eigenvalue weighted by Crippen LogP contribution is -2.00. The van der Waals surface area contributed by atoms with Crippen LogP contribution in [-0.4, -0.2) is 5.88 Å². The Labute approximate surface area is 62.9 Å². The molecule has 54 valence electrons. The maximum absolute atomic E-state index is 5.59. The second-order valence-corrected chi connectivity index (χ2v) is 3.76. The van der Waals surface area contributed by atoms with Gasteiger partial charge in [-0.1, -0.05) is 32.4 Å². The molecule has 0 aromatic rings. The van der Waals surface area contributed by atoms with Crippen LogP contribution < -0.4 is 0 Å². The van der Waals surface area contributed by atoms with Crippen LogP contribution >= 0.6 is 11.6 Å². The summed E-state index contributed by atoms with van der Waals surface area (Å²) < 4.78 is 0. The van der Waals surface area contributed by atoms with Crippen molar-refractivity contribution < 1.29 is 0 Å². The summed E-state index contributed by atoms with van der Waals surface area (Å²) in [6.07, 6.45) is 2.19. The van der Waals surface area contributed by atoms with E-state index in [-0.39, 0.29) is 5.41 Å². The third-order valence-electron chi connectivity index (χ3n) is 0.890. The van der Waals surface area contributed by atoms with E-state index in [9.17, 15) is 0 Å². The van der Waals surface area contributed by atoms with Crippen molar-refractivity contribution in [2.45, 2.75) is 27.7 Å². The summed E-state index contributed by atoms with van der Waals surface area (Å²) >= 11 is 5.59. The lowest BCUT2D eigenvalue weighted by Gasteiger charge is -2.12. The Kier molecular flexibility index (Phi) is 3.27. The fourth-order valence-corrected chi connectivity index (χ4v) is 0.855. The van der Waals surface area contributed by atoms with Gasteiger partial charge < -0.3 is 0 Å². The maximum Gasteiger partial charge on any atom is 0.0431 e. The Morgan fingerprint density at radius 1 is 1.44 bits per heavy atom. The van der Waals surface area contributed by atoms with Crippen LogP contribution in [0.5, 0.6) is 0 Å². The summed E-state index contributed by atoms with van der Waals surface area (Å²) in [5.74, 6) is 0.650. The topological polar surface area (TPSA) is 0 Å². The zero-order chi connectivity index (χ0) is 7.49. The molecule has 1 heteroatoms. The molecule has 0 amide bonds. The van der Waals surface area contributed by atoms with Crippen LogP contribution in [0, 0.1) is 5.41 Å².